The molecule has 2 rings (SSSR count). The van der Waals surface area contributed by atoms with Crippen molar-refractivity contribution >= 4 is 18.1 Å². The average Bonchev–Trinajstić information content (AvgIpc) is 2.46. The van der Waals surface area contributed by atoms with Crippen molar-refractivity contribution in [3.63, 3.8) is 0 Å². The molecule has 0 aliphatic carbocycles. The SMILES string of the molecule is Cl.N[C@H](CO)c1ccc(NCc2ccccc2)cc1. The topological polar surface area (TPSA) is 58.3 Å². The summed E-state index contributed by atoms with van der Waals surface area (Å²) in [6, 6.07) is 17.8. The van der Waals surface area contributed by atoms with E-state index in [4.69, 9.17) is 10.8 Å². The van der Waals surface area contributed by atoms with Crippen LogP contribution in [0.5, 0.6) is 0 Å². The van der Waals surface area contributed by atoms with Crippen molar-refractivity contribution in [2.45, 2.75) is 12.6 Å². The summed E-state index contributed by atoms with van der Waals surface area (Å²) in [5.41, 5.74) is 8.98. The predicted molar refractivity (Wildman–Crippen MR) is 81.5 cm³/mol. The third-order valence-corrected chi connectivity index (χ3v) is 2.87. The molecule has 0 heterocycles. The minimum absolute atomic E-state index is 0. The highest BCUT2D eigenvalue weighted by Crippen LogP contribution is 2.15. The fraction of sp³-hybridized carbons (Fsp3) is 0.200. The second kappa shape index (κ2) is 7.79. The van der Waals surface area contributed by atoms with Crippen molar-refractivity contribution in [1.29, 1.82) is 0 Å². The summed E-state index contributed by atoms with van der Waals surface area (Å²) < 4.78 is 0. The summed E-state index contributed by atoms with van der Waals surface area (Å²) >= 11 is 0. The van der Waals surface area contributed by atoms with E-state index in [1.54, 1.807) is 0 Å². The van der Waals surface area contributed by atoms with Crippen LogP contribution in [-0.4, -0.2) is 11.7 Å². The number of hydrogen-bond donors (Lipinski definition) is 3. The van der Waals surface area contributed by atoms with E-state index in [9.17, 15) is 0 Å². The molecule has 0 aliphatic rings. The van der Waals surface area contributed by atoms with Crippen molar-refractivity contribution in [2.75, 3.05) is 11.9 Å². The molecule has 0 unspecified atom stereocenters. The van der Waals surface area contributed by atoms with Gasteiger partial charge < -0.3 is 16.2 Å². The van der Waals surface area contributed by atoms with Gasteiger partial charge in [-0.1, -0.05) is 42.5 Å². The molecule has 2 aromatic rings. The molecule has 2 aromatic carbocycles. The van der Waals surface area contributed by atoms with Gasteiger partial charge in [0.25, 0.3) is 0 Å². The van der Waals surface area contributed by atoms with Gasteiger partial charge in [-0.3, -0.25) is 0 Å². The second-order valence-electron chi connectivity index (χ2n) is 4.25. The largest absolute Gasteiger partial charge is 0.394 e. The van der Waals surface area contributed by atoms with E-state index in [1.807, 2.05) is 42.5 Å². The molecular formula is C15H19ClN2O. The average molecular weight is 279 g/mol. The van der Waals surface area contributed by atoms with Crippen LogP contribution < -0.4 is 11.1 Å². The van der Waals surface area contributed by atoms with Crippen molar-refractivity contribution in [1.82, 2.24) is 0 Å². The summed E-state index contributed by atoms with van der Waals surface area (Å²) in [5, 5.41) is 12.3. The first-order chi connectivity index (χ1) is 8.79. The summed E-state index contributed by atoms with van der Waals surface area (Å²) in [6.45, 7) is 0.767. The zero-order valence-corrected chi connectivity index (χ0v) is 11.4. The fourth-order valence-electron chi connectivity index (χ4n) is 1.75. The van der Waals surface area contributed by atoms with E-state index in [0.29, 0.717) is 0 Å². The Labute approximate surface area is 119 Å². The minimum atomic E-state index is -0.298. The third-order valence-electron chi connectivity index (χ3n) is 2.87. The summed E-state index contributed by atoms with van der Waals surface area (Å²) in [5.74, 6) is 0. The first kappa shape index (κ1) is 15.5. The molecule has 0 aromatic heterocycles. The molecule has 19 heavy (non-hydrogen) atoms. The number of halogens is 1. The van der Waals surface area contributed by atoms with Gasteiger partial charge in [-0.15, -0.1) is 12.4 Å². The molecule has 4 N–H and O–H groups in total. The maximum atomic E-state index is 8.97. The molecular weight excluding hydrogens is 260 g/mol. The quantitative estimate of drug-likeness (QED) is 0.788. The fourth-order valence-corrected chi connectivity index (χ4v) is 1.75. The Morgan fingerprint density at radius 2 is 1.63 bits per heavy atom. The standard InChI is InChI=1S/C15H18N2O.ClH/c16-15(11-18)13-6-8-14(9-7-13)17-10-12-4-2-1-3-5-12;/h1-9,15,17-18H,10-11,16H2;1H/t15-;/m1./s1. The lowest BCUT2D eigenvalue weighted by Gasteiger charge is -2.10. The number of aliphatic hydroxyl groups excluding tert-OH is 1. The predicted octanol–water partition coefficient (Wildman–Crippen LogP) is 2.71. The lowest BCUT2D eigenvalue weighted by atomic mass is 10.1. The van der Waals surface area contributed by atoms with Crippen LogP contribution in [0.1, 0.15) is 17.2 Å². The molecule has 0 aliphatic heterocycles. The molecule has 0 saturated heterocycles. The Hall–Kier alpha value is -1.55. The Bertz CT molecular complexity index is 473. The molecule has 0 radical (unpaired) electrons. The maximum Gasteiger partial charge on any atom is 0.0624 e. The van der Waals surface area contributed by atoms with Gasteiger partial charge in [-0.05, 0) is 23.3 Å². The summed E-state index contributed by atoms with van der Waals surface area (Å²) in [6.07, 6.45) is 0. The first-order valence-electron chi connectivity index (χ1n) is 6.04. The Balaban J connectivity index is 0.00000180. The molecule has 1 atom stereocenters. The lowest BCUT2D eigenvalue weighted by Crippen LogP contribution is -2.14. The zero-order chi connectivity index (χ0) is 12.8. The van der Waals surface area contributed by atoms with Crippen LogP contribution in [0.25, 0.3) is 0 Å². The monoisotopic (exact) mass is 278 g/mol. The Kier molecular flexibility index (Phi) is 6.36. The first-order valence-corrected chi connectivity index (χ1v) is 6.04. The van der Waals surface area contributed by atoms with Crippen LogP contribution in [-0.2, 0) is 6.54 Å². The van der Waals surface area contributed by atoms with Crippen LogP contribution in [0.3, 0.4) is 0 Å². The van der Waals surface area contributed by atoms with E-state index in [0.717, 1.165) is 17.8 Å². The number of nitrogens with one attached hydrogen (secondary N) is 1. The molecule has 102 valence electrons. The number of hydrogen-bond acceptors (Lipinski definition) is 3. The number of rotatable bonds is 5. The van der Waals surface area contributed by atoms with Gasteiger partial charge in [0.15, 0.2) is 0 Å². The Morgan fingerprint density at radius 1 is 1.00 bits per heavy atom. The van der Waals surface area contributed by atoms with Gasteiger partial charge in [0.05, 0.1) is 12.6 Å². The molecule has 0 bridgehead atoms. The second-order valence-corrected chi connectivity index (χ2v) is 4.25. The third kappa shape index (κ3) is 4.56. The van der Waals surface area contributed by atoms with E-state index < -0.39 is 0 Å². The van der Waals surface area contributed by atoms with Crippen molar-refractivity contribution in [3.05, 3.63) is 65.7 Å². The molecule has 0 spiro atoms. The summed E-state index contributed by atoms with van der Waals surface area (Å²) in [7, 11) is 0. The molecule has 3 nitrogen and oxygen atoms in total. The number of benzene rings is 2. The molecule has 0 amide bonds. The highest BCUT2D eigenvalue weighted by Gasteiger charge is 2.03. The molecule has 4 heteroatoms. The van der Waals surface area contributed by atoms with Gasteiger partial charge in [-0.2, -0.15) is 0 Å². The van der Waals surface area contributed by atoms with Crippen LogP contribution in [0.2, 0.25) is 0 Å². The van der Waals surface area contributed by atoms with Gasteiger partial charge in [0.1, 0.15) is 0 Å². The van der Waals surface area contributed by atoms with Crippen molar-refractivity contribution in [3.8, 4) is 0 Å². The van der Waals surface area contributed by atoms with Gasteiger partial charge in [0, 0.05) is 12.2 Å². The van der Waals surface area contributed by atoms with Crippen LogP contribution in [0.15, 0.2) is 54.6 Å². The van der Waals surface area contributed by atoms with Crippen LogP contribution in [0, 0.1) is 0 Å². The van der Waals surface area contributed by atoms with Crippen LogP contribution in [0.4, 0.5) is 5.69 Å². The van der Waals surface area contributed by atoms with Crippen molar-refractivity contribution in [2.24, 2.45) is 5.73 Å². The number of anilines is 1. The highest BCUT2D eigenvalue weighted by atomic mass is 35.5. The van der Waals surface area contributed by atoms with E-state index >= 15 is 0 Å². The minimum Gasteiger partial charge on any atom is -0.394 e. The van der Waals surface area contributed by atoms with Gasteiger partial charge in [0.2, 0.25) is 0 Å². The highest BCUT2D eigenvalue weighted by molar-refractivity contribution is 5.85. The van der Waals surface area contributed by atoms with E-state index in [2.05, 4.69) is 17.4 Å². The lowest BCUT2D eigenvalue weighted by molar-refractivity contribution is 0.268. The molecule has 0 fully saturated rings. The molecule has 0 saturated carbocycles. The van der Waals surface area contributed by atoms with E-state index in [1.165, 1.54) is 5.56 Å². The zero-order valence-electron chi connectivity index (χ0n) is 10.6. The number of aliphatic hydroxyl groups is 1. The van der Waals surface area contributed by atoms with Gasteiger partial charge >= 0.3 is 0 Å². The van der Waals surface area contributed by atoms with Gasteiger partial charge in [-0.25, -0.2) is 0 Å². The number of nitrogens with two attached hydrogens (primary N) is 1. The van der Waals surface area contributed by atoms with Crippen molar-refractivity contribution < 1.29 is 5.11 Å². The summed E-state index contributed by atoms with van der Waals surface area (Å²) in [4.78, 5) is 0. The maximum absolute atomic E-state index is 8.97. The van der Waals surface area contributed by atoms with E-state index in [-0.39, 0.29) is 25.1 Å². The normalized spacial score (nSPS) is 11.5. The smallest absolute Gasteiger partial charge is 0.0624 e. The Morgan fingerprint density at radius 3 is 2.21 bits per heavy atom. The van der Waals surface area contributed by atoms with Crippen LogP contribution >= 0.6 is 12.4 Å².